The van der Waals surface area contributed by atoms with Gasteiger partial charge in [-0.2, -0.15) is 0 Å². The third kappa shape index (κ3) is 5.79. The van der Waals surface area contributed by atoms with E-state index in [0.717, 1.165) is 47.9 Å². The summed E-state index contributed by atoms with van der Waals surface area (Å²) in [5.41, 5.74) is 4.42. The predicted octanol–water partition coefficient (Wildman–Crippen LogP) is 2.50. The number of nitrogens with zero attached hydrogens (tertiary/aromatic N) is 1. The zero-order chi connectivity index (χ0) is 24.8. The average Bonchev–Trinajstić information content (AvgIpc) is 3.50. The molecule has 0 unspecified atom stereocenters. The molecule has 3 N–H and O–H groups in total. The first kappa shape index (κ1) is 24.3. The molecule has 2 aliphatic carbocycles. The molecular formula is C26H29N3O6. The normalized spacial score (nSPS) is 14.6. The summed E-state index contributed by atoms with van der Waals surface area (Å²) in [5, 5.41) is 14.0. The predicted molar refractivity (Wildman–Crippen MR) is 128 cm³/mol. The monoisotopic (exact) mass is 479 g/mol. The van der Waals surface area contributed by atoms with Crippen LogP contribution in [0.3, 0.4) is 0 Å². The van der Waals surface area contributed by atoms with Crippen LogP contribution in [-0.4, -0.2) is 66.2 Å². The molecule has 2 aromatic rings. The van der Waals surface area contributed by atoms with Gasteiger partial charge in [-0.25, -0.2) is 4.79 Å². The van der Waals surface area contributed by atoms with Crippen molar-refractivity contribution in [1.82, 2.24) is 15.5 Å². The van der Waals surface area contributed by atoms with E-state index >= 15 is 0 Å². The van der Waals surface area contributed by atoms with E-state index in [-0.39, 0.29) is 31.7 Å². The summed E-state index contributed by atoms with van der Waals surface area (Å²) in [6.07, 6.45) is 2.69. The number of ether oxygens (including phenoxy) is 1. The second-order valence-electron chi connectivity index (χ2n) is 8.81. The SMILES string of the molecule is O=C(O)CN(C(=O)CNC(=O)CNC(=O)OCC1c2ccccc2-c2ccccc21)C1CCCC1. The van der Waals surface area contributed by atoms with Gasteiger partial charge in [0.05, 0.1) is 6.54 Å². The number of hydrogen-bond acceptors (Lipinski definition) is 5. The van der Waals surface area contributed by atoms with E-state index in [0.29, 0.717) is 0 Å². The molecule has 0 aliphatic heterocycles. The first-order chi connectivity index (χ1) is 16.9. The zero-order valence-corrected chi connectivity index (χ0v) is 19.4. The number of benzene rings is 2. The van der Waals surface area contributed by atoms with Crippen LogP contribution in [0.2, 0.25) is 0 Å². The molecule has 0 atom stereocenters. The van der Waals surface area contributed by atoms with Gasteiger partial charge in [0, 0.05) is 12.0 Å². The van der Waals surface area contributed by atoms with Gasteiger partial charge < -0.3 is 25.4 Å². The Bertz CT molecular complexity index is 1070. The molecule has 2 aliphatic rings. The van der Waals surface area contributed by atoms with Crippen LogP contribution in [0.4, 0.5) is 4.79 Å². The van der Waals surface area contributed by atoms with Gasteiger partial charge in [-0.1, -0.05) is 61.4 Å². The van der Waals surface area contributed by atoms with Crippen molar-refractivity contribution in [3.05, 3.63) is 59.7 Å². The highest BCUT2D eigenvalue weighted by Crippen LogP contribution is 2.44. The maximum atomic E-state index is 12.5. The van der Waals surface area contributed by atoms with Crippen molar-refractivity contribution in [2.24, 2.45) is 0 Å². The summed E-state index contributed by atoms with van der Waals surface area (Å²) in [6.45, 7) is -0.940. The topological polar surface area (TPSA) is 125 Å². The van der Waals surface area contributed by atoms with E-state index in [2.05, 4.69) is 10.6 Å². The molecule has 9 nitrogen and oxygen atoms in total. The van der Waals surface area contributed by atoms with E-state index in [4.69, 9.17) is 9.84 Å². The summed E-state index contributed by atoms with van der Waals surface area (Å²) in [4.78, 5) is 49.3. The van der Waals surface area contributed by atoms with Crippen LogP contribution < -0.4 is 10.6 Å². The van der Waals surface area contributed by atoms with Crippen molar-refractivity contribution in [1.29, 1.82) is 0 Å². The second-order valence-corrected chi connectivity index (χ2v) is 8.81. The Balaban J connectivity index is 1.23. The van der Waals surface area contributed by atoms with Gasteiger partial charge in [-0.15, -0.1) is 0 Å². The van der Waals surface area contributed by atoms with Crippen molar-refractivity contribution in [3.63, 3.8) is 0 Å². The molecule has 1 saturated carbocycles. The smallest absolute Gasteiger partial charge is 0.407 e. The lowest BCUT2D eigenvalue weighted by molar-refractivity contribution is -0.146. The maximum Gasteiger partial charge on any atom is 0.407 e. The number of fused-ring (bicyclic) bond motifs is 3. The van der Waals surface area contributed by atoms with Gasteiger partial charge in [0.15, 0.2) is 0 Å². The molecule has 3 amide bonds. The van der Waals surface area contributed by atoms with Crippen molar-refractivity contribution in [2.45, 2.75) is 37.6 Å². The van der Waals surface area contributed by atoms with Crippen molar-refractivity contribution >= 4 is 23.9 Å². The van der Waals surface area contributed by atoms with Crippen LogP contribution >= 0.6 is 0 Å². The van der Waals surface area contributed by atoms with Crippen LogP contribution in [0.1, 0.15) is 42.7 Å². The summed E-state index contributed by atoms with van der Waals surface area (Å²) in [6, 6.07) is 15.9. The summed E-state index contributed by atoms with van der Waals surface area (Å²) in [5.74, 6) is -2.19. The summed E-state index contributed by atoms with van der Waals surface area (Å²) < 4.78 is 5.39. The average molecular weight is 480 g/mol. The van der Waals surface area contributed by atoms with Crippen LogP contribution in [0.5, 0.6) is 0 Å². The molecule has 9 heteroatoms. The first-order valence-electron chi connectivity index (χ1n) is 11.8. The maximum absolute atomic E-state index is 12.5. The lowest BCUT2D eigenvalue weighted by Crippen LogP contribution is -2.48. The van der Waals surface area contributed by atoms with Gasteiger partial charge in [-0.05, 0) is 35.1 Å². The molecule has 184 valence electrons. The van der Waals surface area contributed by atoms with E-state index in [1.54, 1.807) is 0 Å². The fraction of sp³-hybridized carbons (Fsp3) is 0.385. The molecule has 0 bridgehead atoms. The van der Waals surface area contributed by atoms with Gasteiger partial charge in [0.25, 0.3) is 0 Å². The number of carboxylic acids is 1. The molecule has 35 heavy (non-hydrogen) atoms. The van der Waals surface area contributed by atoms with Gasteiger partial charge in [-0.3, -0.25) is 14.4 Å². The Morgan fingerprint density at radius 1 is 0.886 bits per heavy atom. The van der Waals surface area contributed by atoms with E-state index < -0.39 is 30.4 Å². The molecule has 0 saturated heterocycles. The molecule has 0 aromatic heterocycles. The fourth-order valence-corrected chi connectivity index (χ4v) is 4.92. The minimum Gasteiger partial charge on any atom is -0.480 e. The number of rotatable bonds is 9. The zero-order valence-electron chi connectivity index (χ0n) is 19.4. The summed E-state index contributed by atoms with van der Waals surface area (Å²) in [7, 11) is 0. The Morgan fingerprint density at radius 3 is 2.09 bits per heavy atom. The lowest BCUT2D eigenvalue weighted by atomic mass is 9.98. The van der Waals surface area contributed by atoms with Crippen LogP contribution in [0, 0.1) is 0 Å². The first-order valence-corrected chi connectivity index (χ1v) is 11.8. The number of hydrogen-bond donors (Lipinski definition) is 3. The minimum atomic E-state index is -1.09. The molecule has 1 fully saturated rings. The number of carboxylic acid groups (broad SMARTS) is 1. The molecule has 4 rings (SSSR count). The van der Waals surface area contributed by atoms with Gasteiger partial charge >= 0.3 is 12.1 Å². The van der Waals surface area contributed by atoms with E-state index in [1.807, 2.05) is 48.5 Å². The Kier molecular flexibility index (Phi) is 7.64. The number of nitrogens with one attached hydrogen (secondary N) is 2. The Hall–Kier alpha value is -3.88. The highest BCUT2D eigenvalue weighted by Gasteiger charge is 2.30. The van der Waals surface area contributed by atoms with Crippen LogP contribution in [-0.2, 0) is 19.1 Å². The van der Waals surface area contributed by atoms with Crippen molar-refractivity contribution < 1.29 is 29.0 Å². The van der Waals surface area contributed by atoms with Crippen LogP contribution in [0.25, 0.3) is 11.1 Å². The van der Waals surface area contributed by atoms with E-state index in [1.165, 1.54) is 4.90 Å². The minimum absolute atomic E-state index is 0.0876. The molecule has 0 heterocycles. The molecule has 0 radical (unpaired) electrons. The quantitative estimate of drug-likeness (QED) is 0.508. The highest BCUT2D eigenvalue weighted by atomic mass is 16.5. The fourth-order valence-electron chi connectivity index (χ4n) is 4.92. The number of carbonyl (C=O) groups excluding carboxylic acids is 3. The van der Waals surface area contributed by atoms with Crippen LogP contribution in [0.15, 0.2) is 48.5 Å². The molecule has 2 aromatic carbocycles. The Labute approximate surface area is 203 Å². The van der Waals surface area contributed by atoms with E-state index in [9.17, 15) is 19.2 Å². The lowest BCUT2D eigenvalue weighted by Gasteiger charge is -2.27. The molecular weight excluding hydrogens is 450 g/mol. The van der Waals surface area contributed by atoms with Gasteiger partial charge in [0.2, 0.25) is 11.8 Å². The van der Waals surface area contributed by atoms with Crippen molar-refractivity contribution in [3.8, 4) is 11.1 Å². The third-order valence-electron chi connectivity index (χ3n) is 6.57. The summed E-state index contributed by atoms with van der Waals surface area (Å²) >= 11 is 0. The standard InChI is InChI=1S/C26H29N3O6/c30-23(27-14-24(31)29(15-25(32)33)17-7-1-2-8-17)13-28-26(34)35-16-22-20-11-5-3-9-18(20)19-10-4-6-12-21(19)22/h3-6,9-12,17,22H,1-2,7-8,13-16H2,(H,27,30)(H,28,34)(H,32,33). The number of aliphatic carboxylic acids is 1. The molecule has 0 spiro atoms. The van der Waals surface area contributed by atoms with Gasteiger partial charge in [0.1, 0.15) is 19.7 Å². The number of alkyl carbamates (subject to hydrolysis) is 1. The highest BCUT2D eigenvalue weighted by molar-refractivity contribution is 5.88. The second kappa shape index (κ2) is 11.0. The van der Waals surface area contributed by atoms with Crippen molar-refractivity contribution in [2.75, 3.05) is 26.2 Å². The largest absolute Gasteiger partial charge is 0.480 e. The number of amides is 3. The third-order valence-corrected chi connectivity index (χ3v) is 6.57. The number of carbonyl (C=O) groups is 4. The Morgan fingerprint density at radius 2 is 1.49 bits per heavy atom.